The van der Waals surface area contributed by atoms with Crippen LogP contribution in [0.3, 0.4) is 0 Å². The molecule has 1 saturated heterocycles. The van der Waals surface area contributed by atoms with Gasteiger partial charge in [0.1, 0.15) is 5.75 Å². The zero-order valence-electron chi connectivity index (χ0n) is 8.49. The highest BCUT2D eigenvalue weighted by Crippen LogP contribution is 2.38. The van der Waals surface area contributed by atoms with Gasteiger partial charge in [-0.2, -0.15) is 0 Å². The molecule has 1 aliphatic rings. The maximum Gasteiger partial charge on any atom is 0.124 e. The van der Waals surface area contributed by atoms with Gasteiger partial charge in [0.2, 0.25) is 0 Å². The van der Waals surface area contributed by atoms with E-state index in [0.29, 0.717) is 10.6 Å². The zero-order chi connectivity index (χ0) is 9.97. The second kappa shape index (κ2) is 4.24. The Morgan fingerprint density at radius 1 is 1.43 bits per heavy atom. The van der Waals surface area contributed by atoms with Crippen molar-refractivity contribution in [3.63, 3.8) is 0 Å². The van der Waals surface area contributed by atoms with E-state index in [0.717, 1.165) is 12.3 Å². The van der Waals surface area contributed by atoms with Crippen molar-refractivity contribution in [1.29, 1.82) is 0 Å². The number of hydrogen-bond acceptors (Lipinski definition) is 3. The summed E-state index contributed by atoms with van der Waals surface area (Å²) in [5.74, 6) is 0.978. The molecule has 76 valence electrons. The Hall–Kier alpha value is -0.670. The molecule has 1 aromatic rings. The minimum atomic E-state index is 0.390. The molecule has 1 aromatic carbocycles. The lowest BCUT2D eigenvalue weighted by atomic mass is 10.2. The van der Waals surface area contributed by atoms with E-state index < -0.39 is 0 Å². The molecule has 2 rings (SSSR count). The minimum absolute atomic E-state index is 0.390. The summed E-state index contributed by atoms with van der Waals surface area (Å²) >= 11 is 1.96. The van der Waals surface area contributed by atoms with Crippen LogP contribution in [0.2, 0.25) is 0 Å². The average Bonchev–Trinajstić information content (AvgIpc) is 2.65. The molecule has 0 aliphatic carbocycles. The van der Waals surface area contributed by atoms with Crippen LogP contribution < -0.4 is 10.1 Å². The molecule has 1 N–H and O–H groups in total. The molecule has 14 heavy (non-hydrogen) atoms. The summed E-state index contributed by atoms with van der Waals surface area (Å²) in [6.07, 6.45) is 0. The second-order valence-corrected chi connectivity index (χ2v) is 5.03. The fourth-order valence-electron chi connectivity index (χ4n) is 1.67. The van der Waals surface area contributed by atoms with Crippen molar-refractivity contribution in [2.75, 3.05) is 13.7 Å². The Bertz CT molecular complexity index is 316. The first-order valence-corrected chi connectivity index (χ1v) is 5.77. The third kappa shape index (κ3) is 1.88. The van der Waals surface area contributed by atoms with Crippen LogP contribution in [0.4, 0.5) is 0 Å². The van der Waals surface area contributed by atoms with E-state index in [9.17, 15) is 0 Å². The van der Waals surface area contributed by atoms with Crippen molar-refractivity contribution in [3.05, 3.63) is 29.8 Å². The van der Waals surface area contributed by atoms with E-state index in [4.69, 9.17) is 4.74 Å². The van der Waals surface area contributed by atoms with Gasteiger partial charge in [0.25, 0.3) is 0 Å². The van der Waals surface area contributed by atoms with Crippen LogP contribution in [-0.2, 0) is 0 Å². The number of para-hydroxylation sites is 1. The molecule has 0 saturated carbocycles. The first-order chi connectivity index (χ1) is 6.81. The second-order valence-electron chi connectivity index (χ2n) is 3.48. The molecule has 2 atom stereocenters. The summed E-state index contributed by atoms with van der Waals surface area (Å²) < 4.78 is 5.34. The normalized spacial score (nSPS) is 26.4. The van der Waals surface area contributed by atoms with Gasteiger partial charge in [0, 0.05) is 17.4 Å². The van der Waals surface area contributed by atoms with Crippen molar-refractivity contribution >= 4 is 11.8 Å². The van der Waals surface area contributed by atoms with E-state index in [1.807, 2.05) is 23.9 Å². The van der Waals surface area contributed by atoms with Gasteiger partial charge in [-0.3, -0.25) is 0 Å². The third-order valence-corrected chi connectivity index (χ3v) is 3.70. The molecule has 0 amide bonds. The van der Waals surface area contributed by atoms with Crippen molar-refractivity contribution < 1.29 is 4.74 Å². The number of methoxy groups -OCH3 is 1. The number of thioether (sulfide) groups is 1. The molecule has 1 fully saturated rings. The zero-order valence-corrected chi connectivity index (χ0v) is 9.30. The van der Waals surface area contributed by atoms with Gasteiger partial charge in [-0.1, -0.05) is 25.1 Å². The standard InChI is InChI=1S/C11H15NOS/c1-8-7-12-11(14-8)9-5-3-4-6-10(9)13-2/h3-6,8,11-12H,7H2,1-2H3. The lowest BCUT2D eigenvalue weighted by molar-refractivity contribution is 0.408. The Kier molecular flexibility index (Phi) is 2.99. The number of nitrogens with one attached hydrogen (secondary N) is 1. The monoisotopic (exact) mass is 209 g/mol. The van der Waals surface area contributed by atoms with Crippen molar-refractivity contribution in [2.45, 2.75) is 17.5 Å². The lowest BCUT2D eigenvalue weighted by Gasteiger charge is -2.13. The maximum atomic E-state index is 5.34. The van der Waals surface area contributed by atoms with Crippen molar-refractivity contribution in [3.8, 4) is 5.75 Å². The predicted molar refractivity (Wildman–Crippen MR) is 60.8 cm³/mol. The molecule has 1 heterocycles. The highest BCUT2D eigenvalue weighted by molar-refractivity contribution is 8.00. The van der Waals surface area contributed by atoms with Gasteiger partial charge in [-0.05, 0) is 6.07 Å². The Morgan fingerprint density at radius 3 is 2.86 bits per heavy atom. The number of ether oxygens (including phenoxy) is 1. The van der Waals surface area contributed by atoms with E-state index in [1.54, 1.807) is 7.11 Å². The fraction of sp³-hybridized carbons (Fsp3) is 0.455. The minimum Gasteiger partial charge on any atom is -0.496 e. The average molecular weight is 209 g/mol. The Morgan fingerprint density at radius 2 is 2.21 bits per heavy atom. The van der Waals surface area contributed by atoms with E-state index in [1.165, 1.54) is 5.56 Å². The van der Waals surface area contributed by atoms with E-state index >= 15 is 0 Å². The highest BCUT2D eigenvalue weighted by atomic mass is 32.2. The molecular weight excluding hydrogens is 194 g/mol. The summed E-state index contributed by atoms with van der Waals surface area (Å²) in [7, 11) is 1.72. The maximum absolute atomic E-state index is 5.34. The van der Waals surface area contributed by atoms with Gasteiger partial charge in [-0.25, -0.2) is 0 Å². The van der Waals surface area contributed by atoms with Gasteiger partial charge < -0.3 is 10.1 Å². The molecule has 3 heteroatoms. The number of hydrogen-bond donors (Lipinski definition) is 1. The van der Waals surface area contributed by atoms with Gasteiger partial charge in [0.05, 0.1) is 12.5 Å². The predicted octanol–water partition coefficient (Wildman–Crippen LogP) is 2.42. The van der Waals surface area contributed by atoms with Crippen LogP contribution in [0, 0.1) is 0 Å². The van der Waals surface area contributed by atoms with Gasteiger partial charge in [-0.15, -0.1) is 11.8 Å². The van der Waals surface area contributed by atoms with Crippen LogP contribution in [0.15, 0.2) is 24.3 Å². The van der Waals surface area contributed by atoms with Crippen LogP contribution in [0.1, 0.15) is 17.9 Å². The topological polar surface area (TPSA) is 21.3 Å². The van der Waals surface area contributed by atoms with Gasteiger partial charge in [0.15, 0.2) is 0 Å². The largest absolute Gasteiger partial charge is 0.496 e. The third-order valence-electron chi connectivity index (χ3n) is 2.38. The smallest absolute Gasteiger partial charge is 0.124 e. The number of benzene rings is 1. The summed E-state index contributed by atoms with van der Waals surface area (Å²) in [6.45, 7) is 3.32. The fourth-order valence-corrected chi connectivity index (χ4v) is 2.86. The molecular formula is C11H15NOS. The lowest BCUT2D eigenvalue weighted by Crippen LogP contribution is -2.14. The van der Waals surface area contributed by atoms with Crippen molar-refractivity contribution in [1.82, 2.24) is 5.32 Å². The van der Waals surface area contributed by atoms with E-state index in [-0.39, 0.29) is 0 Å². The summed E-state index contributed by atoms with van der Waals surface area (Å²) in [6, 6.07) is 8.20. The molecule has 0 bridgehead atoms. The molecule has 2 nitrogen and oxygen atoms in total. The Balaban J connectivity index is 2.22. The first kappa shape index (κ1) is 9.87. The van der Waals surface area contributed by atoms with Gasteiger partial charge >= 0.3 is 0 Å². The quantitative estimate of drug-likeness (QED) is 0.808. The van der Waals surface area contributed by atoms with Crippen LogP contribution in [0.5, 0.6) is 5.75 Å². The van der Waals surface area contributed by atoms with Crippen LogP contribution >= 0.6 is 11.8 Å². The molecule has 0 spiro atoms. The Labute approximate surface area is 89.0 Å². The molecule has 2 unspecified atom stereocenters. The number of rotatable bonds is 2. The molecule has 0 radical (unpaired) electrons. The van der Waals surface area contributed by atoms with Crippen molar-refractivity contribution in [2.24, 2.45) is 0 Å². The molecule has 0 aromatic heterocycles. The highest BCUT2D eigenvalue weighted by Gasteiger charge is 2.24. The van der Waals surface area contributed by atoms with E-state index in [2.05, 4.69) is 24.4 Å². The molecule has 1 aliphatic heterocycles. The van der Waals surface area contributed by atoms with Crippen LogP contribution in [-0.4, -0.2) is 18.9 Å². The van der Waals surface area contributed by atoms with Crippen LogP contribution in [0.25, 0.3) is 0 Å². The summed E-state index contributed by atoms with van der Waals surface area (Å²) in [4.78, 5) is 0. The summed E-state index contributed by atoms with van der Waals surface area (Å²) in [5.41, 5.74) is 1.25. The SMILES string of the molecule is COc1ccccc1C1NCC(C)S1. The first-order valence-electron chi connectivity index (χ1n) is 4.83. The summed E-state index contributed by atoms with van der Waals surface area (Å²) in [5, 5.41) is 4.56.